The van der Waals surface area contributed by atoms with Gasteiger partial charge in [-0.15, -0.1) is 0 Å². The fourth-order valence-electron chi connectivity index (χ4n) is 4.59. The summed E-state index contributed by atoms with van der Waals surface area (Å²) >= 11 is 0. The molecule has 3 N–H and O–H groups in total. The summed E-state index contributed by atoms with van der Waals surface area (Å²) < 4.78 is 8.47. The Morgan fingerprint density at radius 1 is 0.884 bits per heavy atom. The predicted molar refractivity (Wildman–Crippen MR) is 156 cm³/mol. The molecule has 0 aliphatic rings. The van der Waals surface area contributed by atoms with Gasteiger partial charge in [-0.1, -0.05) is 25.5 Å². The molecule has 0 radical (unpaired) electrons. The molecule has 3 aromatic rings. The maximum Gasteiger partial charge on any atom is 0.341 e. The van der Waals surface area contributed by atoms with Crippen molar-refractivity contribution in [3.05, 3.63) is 89.5 Å². The van der Waals surface area contributed by atoms with Crippen LogP contribution in [0.15, 0.2) is 67.1 Å². The number of carboxylic acid groups (broad SMARTS) is 2. The topological polar surface area (TPSA) is 141 Å². The summed E-state index contributed by atoms with van der Waals surface area (Å²) in [5.74, 6) is -1.77. The second kappa shape index (κ2) is 16.6. The molecule has 11 heteroatoms. The van der Waals surface area contributed by atoms with E-state index in [0.29, 0.717) is 38.2 Å². The summed E-state index contributed by atoms with van der Waals surface area (Å²) in [7, 11) is 1.58. The van der Waals surface area contributed by atoms with Crippen LogP contribution in [-0.4, -0.2) is 59.1 Å². The van der Waals surface area contributed by atoms with E-state index in [1.165, 1.54) is 24.5 Å². The highest BCUT2D eigenvalue weighted by atomic mass is 16.5. The quantitative estimate of drug-likeness (QED) is 0.162. The van der Waals surface area contributed by atoms with Crippen LogP contribution in [0.5, 0.6) is 5.75 Å². The van der Waals surface area contributed by atoms with Crippen LogP contribution in [0.1, 0.15) is 64.6 Å². The Bertz CT molecular complexity index is 1430. The minimum atomic E-state index is -1.08. The smallest absolute Gasteiger partial charge is 0.341 e. The Morgan fingerprint density at radius 3 is 2.35 bits per heavy atom. The Balaban J connectivity index is 1.60. The molecule has 0 unspecified atom stereocenters. The van der Waals surface area contributed by atoms with Gasteiger partial charge in [-0.25, -0.2) is 9.59 Å². The highest BCUT2D eigenvalue weighted by Gasteiger charge is 2.21. The number of rotatable bonds is 17. The molecular formula is C32H40N4O7+2. The van der Waals surface area contributed by atoms with Crippen molar-refractivity contribution in [1.29, 1.82) is 0 Å². The zero-order valence-electron chi connectivity index (χ0n) is 24.7. The first-order chi connectivity index (χ1) is 20.7. The van der Waals surface area contributed by atoms with Crippen LogP contribution >= 0.6 is 0 Å². The number of carbonyl (C=O) groups excluding carboxylic acids is 2. The number of hydrogen-bond donors (Lipinski definition) is 3. The van der Waals surface area contributed by atoms with Gasteiger partial charge in [0.2, 0.25) is 13.1 Å². The second-order valence-corrected chi connectivity index (χ2v) is 10.2. The molecule has 0 aliphatic heterocycles. The third-order valence-electron chi connectivity index (χ3n) is 6.97. The van der Waals surface area contributed by atoms with Gasteiger partial charge >= 0.3 is 11.9 Å². The Hall–Kier alpha value is -4.80. The number of aromatic nitrogens is 2. The number of ether oxygens (including phenoxy) is 1. The van der Waals surface area contributed by atoms with Gasteiger partial charge in [-0.05, 0) is 49.1 Å². The Morgan fingerprint density at radius 2 is 1.63 bits per heavy atom. The first-order valence-corrected chi connectivity index (χ1v) is 14.4. The van der Waals surface area contributed by atoms with Gasteiger partial charge in [0.15, 0.2) is 24.3 Å². The average Bonchev–Trinajstić information content (AvgIpc) is 3.00. The van der Waals surface area contributed by atoms with Crippen molar-refractivity contribution in [2.24, 2.45) is 0 Å². The fraction of sp³-hybridized carbons (Fsp3) is 0.375. The van der Waals surface area contributed by atoms with Crippen molar-refractivity contribution < 1.29 is 43.3 Å². The number of hydrogen-bond acceptors (Lipinski definition) is 5. The van der Waals surface area contributed by atoms with Crippen LogP contribution in [0, 0.1) is 0 Å². The lowest BCUT2D eigenvalue weighted by molar-refractivity contribution is -0.692. The molecule has 0 fully saturated rings. The molecule has 0 saturated carbocycles. The molecule has 2 heterocycles. The van der Waals surface area contributed by atoms with E-state index in [-0.39, 0.29) is 36.0 Å². The molecule has 2 aromatic heterocycles. The summed E-state index contributed by atoms with van der Waals surface area (Å²) in [6.07, 6.45) is 8.40. The molecule has 0 bridgehead atoms. The van der Waals surface area contributed by atoms with Gasteiger partial charge in [0.25, 0.3) is 11.8 Å². The van der Waals surface area contributed by atoms with E-state index in [4.69, 9.17) is 4.74 Å². The number of carbonyl (C=O) groups is 4. The van der Waals surface area contributed by atoms with Gasteiger partial charge in [0.1, 0.15) is 16.9 Å². The van der Waals surface area contributed by atoms with Crippen LogP contribution < -0.4 is 19.2 Å². The maximum absolute atomic E-state index is 13.1. The third kappa shape index (κ3) is 10.5. The highest BCUT2D eigenvalue weighted by Crippen LogP contribution is 2.12. The summed E-state index contributed by atoms with van der Waals surface area (Å²) in [6, 6.07) is 13.7. The number of methoxy groups -OCH3 is 1. The van der Waals surface area contributed by atoms with E-state index in [1.807, 2.05) is 24.3 Å². The SMILES string of the molecule is CCCCN(CCCCc1ccc(C(=O)O)c[n+]1CC(=O)NCc1cccc(OC)c1)C(=O)C[n+]1cccc(C(=O)O)c1. The molecular weight excluding hydrogens is 552 g/mol. The normalized spacial score (nSPS) is 10.7. The molecule has 11 nitrogen and oxygen atoms in total. The second-order valence-electron chi connectivity index (χ2n) is 10.2. The summed E-state index contributed by atoms with van der Waals surface area (Å²) in [6.45, 7) is 3.52. The van der Waals surface area contributed by atoms with Gasteiger partial charge in [0, 0.05) is 38.2 Å². The number of pyridine rings is 2. The van der Waals surface area contributed by atoms with Crippen molar-refractivity contribution in [1.82, 2.24) is 10.2 Å². The van der Waals surface area contributed by atoms with Crippen LogP contribution in [0.4, 0.5) is 0 Å². The van der Waals surface area contributed by atoms with Crippen molar-refractivity contribution in [2.75, 3.05) is 20.2 Å². The van der Waals surface area contributed by atoms with E-state index in [0.717, 1.165) is 30.5 Å². The van der Waals surface area contributed by atoms with Crippen molar-refractivity contribution in [3.8, 4) is 5.75 Å². The summed E-state index contributed by atoms with van der Waals surface area (Å²) in [5, 5.41) is 21.6. The minimum absolute atomic E-state index is 0.0336. The van der Waals surface area contributed by atoms with Crippen molar-refractivity contribution in [3.63, 3.8) is 0 Å². The van der Waals surface area contributed by atoms with Gasteiger partial charge in [-0.3, -0.25) is 9.59 Å². The molecule has 2 amide bonds. The van der Waals surface area contributed by atoms with Gasteiger partial charge in [-0.2, -0.15) is 9.13 Å². The summed E-state index contributed by atoms with van der Waals surface area (Å²) in [5.41, 5.74) is 1.90. The van der Waals surface area contributed by atoms with Gasteiger partial charge in [0.05, 0.1) is 7.11 Å². The largest absolute Gasteiger partial charge is 0.497 e. The molecule has 0 saturated heterocycles. The lowest BCUT2D eigenvalue weighted by Crippen LogP contribution is -2.46. The number of aryl methyl sites for hydroxylation is 1. The number of nitrogens with one attached hydrogen (secondary N) is 1. The fourth-order valence-corrected chi connectivity index (χ4v) is 4.59. The highest BCUT2D eigenvalue weighted by molar-refractivity contribution is 5.87. The van der Waals surface area contributed by atoms with Crippen molar-refractivity contribution in [2.45, 2.75) is 58.7 Å². The standard InChI is InChI=1S/C32H38N4O7/c1-3-4-16-35(30(38)23-34-15-8-10-25(20-34)31(39)40)17-6-5-11-27-14-13-26(32(41)42)21-36(27)22-29(37)33-19-24-9-7-12-28(18-24)43-2/h7-10,12-15,18,20-21H,3-6,11,16-17,19,22-23H2,1-2H3,(H-2,33,37,39,40,41,42)/p+2. The van der Waals surface area contributed by atoms with E-state index in [2.05, 4.69) is 12.2 Å². The number of unbranched alkanes of at least 4 members (excludes halogenated alkanes) is 2. The molecule has 1 aromatic carbocycles. The lowest BCUT2D eigenvalue weighted by atomic mass is 10.1. The predicted octanol–water partition coefficient (Wildman–Crippen LogP) is 2.63. The number of carboxylic acids is 2. The number of aromatic carboxylic acids is 2. The van der Waals surface area contributed by atoms with E-state index in [9.17, 15) is 29.4 Å². The Kier molecular flexibility index (Phi) is 12.6. The molecule has 228 valence electrons. The molecule has 0 atom stereocenters. The molecule has 0 aliphatic carbocycles. The molecule has 0 spiro atoms. The zero-order valence-corrected chi connectivity index (χ0v) is 24.7. The lowest BCUT2D eigenvalue weighted by Gasteiger charge is -2.21. The zero-order chi connectivity index (χ0) is 31.2. The van der Waals surface area contributed by atoms with E-state index < -0.39 is 11.9 Å². The molecule has 43 heavy (non-hydrogen) atoms. The van der Waals surface area contributed by atoms with Crippen LogP contribution in [0.2, 0.25) is 0 Å². The van der Waals surface area contributed by atoms with E-state index >= 15 is 0 Å². The van der Waals surface area contributed by atoms with Crippen molar-refractivity contribution >= 4 is 23.8 Å². The van der Waals surface area contributed by atoms with E-state index in [1.54, 1.807) is 39.5 Å². The van der Waals surface area contributed by atoms with Crippen LogP contribution in [0.3, 0.4) is 0 Å². The number of nitrogens with zero attached hydrogens (tertiary/aromatic N) is 3. The Labute approximate surface area is 251 Å². The maximum atomic E-state index is 13.1. The van der Waals surface area contributed by atoms with Crippen LogP contribution in [0.25, 0.3) is 0 Å². The monoisotopic (exact) mass is 592 g/mol. The molecule has 3 rings (SSSR count). The first kappa shape index (κ1) is 32.7. The minimum Gasteiger partial charge on any atom is -0.497 e. The van der Waals surface area contributed by atoms with Gasteiger partial charge < -0.3 is 25.2 Å². The number of amides is 2. The van der Waals surface area contributed by atoms with Crippen LogP contribution in [-0.2, 0) is 35.6 Å². The first-order valence-electron chi connectivity index (χ1n) is 14.4. The average molecular weight is 593 g/mol. The number of benzene rings is 1. The third-order valence-corrected chi connectivity index (χ3v) is 6.97. The summed E-state index contributed by atoms with van der Waals surface area (Å²) in [4.78, 5) is 50.6.